The molecule has 1 fully saturated rings. The molecule has 2 aliphatic rings. The molecule has 170 valence electrons. The molecule has 1 aromatic heterocycles. The SMILES string of the molecule is Cc1ccccc1C(=O)N1CCc2nc(N3CCCC3)nc(Oc3ccc(F)c(F)c3)c2C1. The molecule has 0 atom stereocenters. The number of benzene rings is 2. The average molecular weight is 450 g/mol. The zero-order valence-corrected chi connectivity index (χ0v) is 18.4. The number of hydrogen-bond donors (Lipinski definition) is 0. The second-order valence-electron chi connectivity index (χ2n) is 8.42. The first kappa shape index (κ1) is 21.3. The summed E-state index contributed by atoms with van der Waals surface area (Å²) in [5, 5.41) is 0. The number of rotatable bonds is 4. The van der Waals surface area contributed by atoms with Crippen LogP contribution in [0, 0.1) is 18.6 Å². The van der Waals surface area contributed by atoms with Gasteiger partial charge >= 0.3 is 0 Å². The number of fused-ring (bicyclic) bond motifs is 1. The first-order valence-corrected chi connectivity index (χ1v) is 11.1. The standard InChI is InChI=1S/C25H24F2N4O2/c1-16-6-2-3-7-18(16)24(32)31-13-10-22-19(15-31)23(29-25(28-22)30-11-4-5-12-30)33-17-8-9-20(26)21(27)14-17/h2-3,6-9,14H,4-5,10-13,15H2,1H3. The van der Waals surface area contributed by atoms with E-state index in [-0.39, 0.29) is 24.1 Å². The molecule has 1 amide bonds. The number of anilines is 1. The Morgan fingerprint density at radius 3 is 2.55 bits per heavy atom. The van der Waals surface area contributed by atoms with E-state index in [0.717, 1.165) is 49.3 Å². The van der Waals surface area contributed by atoms with Crippen molar-refractivity contribution in [2.75, 3.05) is 24.5 Å². The van der Waals surface area contributed by atoms with Crippen LogP contribution in [0.5, 0.6) is 11.6 Å². The van der Waals surface area contributed by atoms with Gasteiger partial charge in [0.05, 0.1) is 17.8 Å². The molecule has 0 N–H and O–H groups in total. The first-order valence-electron chi connectivity index (χ1n) is 11.1. The highest BCUT2D eigenvalue weighted by molar-refractivity contribution is 5.95. The Kier molecular flexibility index (Phi) is 5.66. The molecule has 5 rings (SSSR count). The second-order valence-corrected chi connectivity index (χ2v) is 8.42. The molecule has 3 aromatic rings. The van der Waals surface area contributed by atoms with Gasteiger partial charge in [0, 0.05) is 37.7 Å². The van der Waals surface area contributed by atoms with E-state index < -0.39 is 11.6 Å². The zero-order chi connectivity index (χ0) is 22.9. The average Bonchev–Trinajstić information content (AvgIpc) is 3.36. The Hall–Kier alpha value is -3.55. The highest BCUT2D eigenvalue weighted by Gasteiger charge is 2.29. The molecule has 0 saturated carbocycles. The molecule has 2 aromatic carbocycles. The Morgan fingerprint density at radius 1 is 1.00 bits per heavy atom. The largest absolute Gasteiger partial charge is 0.438 e. The van der Waals surface area contributed by atoms with E-state index >= 15 is 0 Å². The van der Waals surface area contributed by atoms with Gasteiger partial charge in [-0.1, -0.05) is 18.2 Å². The molecule has 6 nitrogen and oxygen atoms in total. The van der Waals surface area contributed by atoms with Crippen LogP contribution >= 0.6 is 0 Å². The lowest BCUT2D eigenvalue weighted by atomic mass is 10.0. The Labute approximate surface area is 190 Å². The third kappa shape index (κ3) is 4.25. The van der Waals surface area contributed by atoms with E-state index in [4.69, 9.17) is 9.72 Å². The number of aryl methyl sites for hydroxylation is 1. The van der Waals surface area contributed by atoms with Crippen molar-refractivity contribution in [3.05, 3.63) is 76.5 Å². The molecular formula is C25H24F2N4O2. The number of hydrogen-bond acceptors (Lipinski definition) is 5. The van der Waals surface area contributed by atoms with Crippen molar-refractivity contribution >= 4 is 11.9 Å². The van der Waals surface area contributed by atoms with E-state index in [1.54, 1.807) is 4.90 Å². The predicted molar refractivity (Wildman–Crippen MR) is 120 cm³/mol. The molecule has 0 bridgehead atoms. The van der Waals surface area contributed by atoms with E-state index in [1.807, 2.05) is 31.2 Å². The van der Waals surface area contributed by atoms with Gasteiger partial charge in [0.1, 0.15) is 5.75 Å². The molecule has 2 aliphatic heterocycles. The monoisotopic (exact) mass is 450 g/mol. The maximum absolute atomic E-state index is 13.8. The molecule has 0 radical (unpaired) electrons. The summed E-state index contributed by atoms with van der Waals surface area (Å²) in [4.78, 5) is 26.5. The second kappa shape index (κ2) is 8.77. The third-order valence-corrected chi connectivity index (χ3v) is 6.17. The van der Waals surface area contributed by atoms with Crippen molar-refractivity contribution in [3.8, 4) is 11.6 Å². The molecule has 0 spiro atoms. The van der Waals surface area contributed by atoms with Crippen LogP contribution in [0.15, 0.2) is 42.5 Å². The summed E-state index contributed by atoms with van der Waals surface area (Å²) < 4.78 is 33.1. The van der Waals surface area contributed by atoms with Crippen LogP contribution in [0.2, 0.25) is 0 Å². The Bertz CT molecular complexity index is 1210. The first-order chi connectivity index (χ1) is 16.0. The number of amides is 1. The summed E-state index contributed by atoms with van der Waals surface area (Å²) in [5.74, 6) is -1.02. The number of ether oxygens (including phenoxy) is 1. The lowest BCUT2D eigenvalue weighted by molar-refractivity contribution is 0.0731. The minimum absolute atomic E-state index is 0.0684. The maximum Gasteiger partial charge on any atom is 0.254 e. The smallest absolute Gasteiger partial charge is 0.254 e. The molecule has 0 unspecified atom stereocenters. The Morgan fingerprint density at radius 2 is 1.79 bits per heavy atom. The molecular weight excluding hydrogens is 426 g/mol. The quantitative estimate of drug-likeness (QED) is 0.579. The highest BCUT2D eigenvalue weighted by Crippen LogP contribution is 2.33. The molecule has 0 aliphatic carbocycles. The minimum atomic E-state index is -0.994. The van der Waals surface area contributed by atoms with Gasteiger partial charge in [0.2, 0.25) is 11.8 Å². The number of aromatic nitrogens is 2. The topological polar surface area (TPSA) is 58.6 Å². The molecule has 3 heterocycles. The van der Waals surface area contributed by atoms with Gasteiger partial charge in [-0.3, -0.25) is 4.79 Å². The lowest BCUT2D eigenvalue weighted by Crippen LogP contribution is -2.37. The fourth-order valence-electron chi connectivity index (χ4n) is 4.32. The predicted octanol–water partition coefficient (Wildman–Crippen LogP) is 4.65. The van der Waals surface area contributed by atoms with Crippen LogP contribution in [-0.4, -0.2) is 40.4 Å². The molecule has 33 heavy (non-hydrogen) atoms. The Balaban J connectivity index is 1.50. The van der Waals surface area contributed by atoms with Gasteiger partial charge in [-0.25, -0.2) is 13.8 Å². The van der Waals surface area contributed by atoms with Crippen LogP contribution in [0.3, 0.4) is 0 Å². The zero-order valence-electron chi connectivity index (χ0n) is 18.4. The van der Waals surface area contributed by atoms with Gasteiger partial charge < -0.3 is 14.5 Å². The highest BCUT2D eigenvalue weighted by atomic mass is 19.2. The summed E-state index contributed by atoms with van der Waals surface area (Å²) >= 11 is 0. The van der Waals surface area contributed by atoms with Crippen LogP contribution in [0.25, 0.3) is 0 Å². The van der Waals surface area contributed by atoms with Gasteiger partial charge in [0.25, 0.3) is 5.91 Å². The molecule has 8 heteroatoms. The summed E-state index contributed by atoms with van der Waals surface area (Å²) in [6.45, 7) is 4.44. The number of carbonyl (C=O) groups excluding carboxylic acids is 1. The maximum atomic E-state index is 13.8. The number of halogens is 2. The van der Waals surface area contributed by atoms with E-state index in [1.165, 1.54) is 6.07 Å². The van der Waals surface area contributed by atoms with Crippen molar-refractivity contribution in [2.24, 2.45) is 0 Å². The number of nitrogens with zero attached hydrogens (tertiary/aromatic N) is 4. The third-order valence-electron chi connectivity index (χ3n) is 6.17. The van der Waals surface area contributed by atoms with Crippen molar-refractivity contribution < 1.29 is 18.3 Å². The van der Waals surface area contributed by atoms with Gasteiger partial charge in [-0.05, 0) is 43.5 Å². The summed E-state index contributed by atoms with van der Waals surface area (Å²) in [6.07, 6.45) is 2.70. The normalized spacial score (nSPS) is 15.5. The van der Waals surface area contributed by atoms with Crippen molar-refractivity contribution in [3.63, 3.8) is 0 Å². The fraction of sp³-hybridized carbons (Fsp3) is 0.320. The van der Waals surface area contributed by atoms with E-state index in [2.05, 4.69) is 9.88 Å². The number of carbonyl (C=O) groups is 1. The van der Waals surface area contributed by atoms with Gasteiger partial charge in [0.15, 0.2) is 11.6 Å². The minimum Gasteiger partial charge on any atom is -0.438 e. The van der Waals surface area contributed by atoms with E-state index in [0.29, 0.717) is 30.0 Å². The molecule has 1 saturated heterocycles. The van der Waals surface area contributed by atoms with Crippen LogP contribution < -0.4 is 9.64 Å². The van der Waals surface area contributed by atoms with Crippen LogP contribution in [-0.2, 0) is 13.0 Å². The fourth-order valence-corrected chi connectivity index (χ4v) is 4.32. The van der Waals surface area contributed by atoms with Crippen LogP contribution in [0.1, 0.15) is 40.0 Å². The van der Waals surface area contributed by atoms with E-state index in [9.17, 15) is 13.6 Å². The summed E-state index contributed by atoms with van der Waals surface area (Å²) in [6, 6.07) is 10.9. The van der Waals surface area contributed by atoms with Crippen molar-refractivity contribution in [1.82, 2.24) is 14.9 Å². The lowest BCUT2D eigenvalue weighted by Gasteiger charge is -2.30. The van der Waals surface area contributed by atoms with Gasteiger partial charge in [-0.15, -0.1) is 0 Å². The van der Waals surface area contributed by atoms with Crippen LogP contribution in [0.4, 0.5) is 14.7 Å². The van der Waals surface area contributed by atoms with Crippen molar-refractivity contribution in [2.45, 2.75) is 32.7 Å². The van der Waals surface area contributed by atoms with Crippen molar-refractivity contribution in [1.29, 1.82) is 0 Å². The van der Waals surface area contributed by atoms with Gasteiger partial charge in [-0.2, -0.15) is 4.98 Å². The summed E-state index contributed by atoms with van der Waals surface area (Å²) in [7, 11) is 0. The summed E-state index contributed by atoms with van der Waals surface area (Å²) in [5.41, 5.74) is 3.07.